The van der Waals surface area contributed by atoms with E-state index < -0.39 is 0 Å². The summed E-state index contributed by atoms with van der Waals surface area (Å²) in [6.45, 7) is 14.8. The van der Waals surface area contributed by atoms with Crippen molar-refractivity contribution in [1.29, 1.82) is 0 Å². The van der Waals surface area contributed by atoms with Crippen molar-refractivity contribution in [2.45, 2.75) is 72.8 Å². The van der Waals surface area contributed by atoms with E-state index in [0.717, 1.165) is 31.4 Å². The van der Waals surface area contributed by atoms with Gasteiger partial charge in [0.05, 0.1) is 19.1 Å². The van der Waals surface area contributed by atoms with Gasteiger partial charge in [-0.15, -0.1) is 0 Å². The molecule has 0 aliphatic heterocycles. The number of hydrogen-bond donors (Lipinski definition) is 3. The van der Waals surface area contributed by atoms with Crippen LogP contribution in [0.25, 0.3) is 0 Å². The summed E-state index contributed by atoms with van der Waals surface area (Å²) in [6, 6.07) is -0.345. The van der Waals surface area contributed by atoms with Crippen LogP contribution < -0.4 is 10.6 Å². The van der Waals surface area contributed by atoms with Crippen molar-refractivity contribution >= 4 is 35.1 Å². The molecule has 0 bridgehead atoms. The fourth-order valence-corrected chi connectivity index (χ4v) is 3.96. The van der Waals surface area contributed by atoms with Crippen LogP contribution >= 0.6 is 24.0 Å². The van der Waals surface area contributed by atoms with Gasteiger partial charge in [-0.05, 0) is 72.5 Å². The molecule has 1 atom stereocenters. The van der Waals surface area contributed by atoms with Gasteiger partial charge in [0, 0.05) is 18.1 Å². The highest BCUT2D eigenvalue weighted by Crippen LogP contribution is 2.13. The van der Waals surface area contributed by atoms with Crippen LogP contribution in [0.2, 0.25) is 0 Å². The number of aliphatic hydroxyl groups excluding tert-OH is 1. The number of ether oxygens (including phenoxy) is 1. The summed E-state index contributed by atoms with van der Waals surface area (Å²) in [7, 11) is 0. The van der Waals surface area contributed by atoms with Crippen LogP contribution in [-0.2, 0) is 9.53 Å². The Bertz CT molecular complexity index is 681. The Hall–Kier alpha value is -1.73. The molecule has 0 aliphatic carbocycles. The molecule has 0 saturated carbocycles. The highest BCUT2D eigenvalue weighted by molar-refractivity contribution is 7.99. The van der Waals surface area contributed by atoms with E-state index in [1.54, 1.807) is 18.7 Å². The number of thiocarbonyl (C=S) groups is 1. The van der Waals surface area contributed by atoms with Crippen molar-refractivity contribution < 1.29 is 14.6 Å². The van der Waals surface area contributed by atoms with Gasteiger partial charge in [0.25, 0.3) is 0 Å². The number of carbonyl (C=O) groups excluding carboxylic acids is 1. The summed E-state index contributed by atoms with van der Waals surface area (Å²) in [5.74, 6) is 1.28. The van der Waals surface area contributed by atoms with E-state index in [1.807, 2.05) is 0 Å². The van der Waals surface area contributed by atoms with Crippen molar-refractivity contribution in [1.82, 2.24) is 10.6 Å². The fraction of sp³-hybridized carbons (Fsp3) is 0.600. The lowest BCUT2D eigenvalue weighted by Gasteiger charge is -2.19. The van der Waals surface area contributed by atoms with Crippen LogP contribution in [0.1, 0.15) is 66.7 Å². The number of esters is 1. The van der Waals surface area contributed by atoms with Gasteiger partial charge in [-0.1, -0.05) is 41.5 Å². The van der Waals surface area contributed by atoms with E-state index >= 15 is 0 Å². The molecule has 182 valence electrons. The molecule has 0 aromatic carbocycles. The summed E-state index contributed by atoms with van der Waals surface area (Å²) in [6.07, 6.45) is 11.5. The molecule has 5 nitrogen and oxygen atoms in total. The molecular weight excluding hydrogens is 440 g/mol. The summed E-state index contributed by atoms with van der Waals surface area (Å²) in [4.78, 5) is 11.4. The van der Waals surface area contributed by atoms with Crippen molar-refractivity contribution in [3.63, 3.8) is 0 Å². The topological polar surface area (TPSA) is 70.6 Å². The van der Waals surface area contributed by atoms with Crippen LogP contribution in [0.15, 0.2) is 47.3 Å². The zero-order chi connectivity index (χ0) is 24.4. The first-order valence-electron chi connectivity index (χ1n) is 11.3. The number of carbonyl (C=O) groups is 1. The van der Waals surface area contributed by atoms with Crippen LogP contribution in [0.4, 0.5) is 0 Å². The minimum Gasteiger partial charge on any atom is -0.511 e. The molecule has 0 spiro atoms. The largest absolute Gasteiger partial charge is 0.511 e. The SMILES string of the molecule is C=C(O)C(CSC/C=C(\C)CC/C=C(\C)CCC=C(C)C)NC(=S)NCCC(=O)OCC. The molecule has 1 unspecified atom stereocenters. The third-order valence-electron chi connectivity index (χ3n) is 4.58. The minimum absolute atomic E-state index is 0.0430. The quantitative estimate of drug-likeness (QED) is 0.0820. The van der Waals surface area contributed by atoms with E-state index in [2.05, 4.69) is 63.1 Å². The van der Waals surface area contributed by atoms with Crippen LogP contribution in [0.5, 0.6) is 0 Å². The predicted molar refractivity (Wildman–Crippen MR) is 143 cm³/mol. The predicted octanol–water partition coefficient (Wildman–Crippen LogP) is 6.00. The van der Waals surface area contributed by atoms with Crippen LogP contribution in [0, 0.1) is 0 Å². The van der Waals surface area contributed by atoms with E-state index in [0.29, 0.717) is 24.0 Å². The van der Waals surface area contributed by atoms with E-state index in [-0.39, 0.29) is 24.2 Å². The van der Waals surface area contributed by atoms with E-state index in [4.69, 9.17) is 17.0 Å². The maximum atomic E-state index is 11.4. The zero-order valence-corrected chi connectivity index (χ0v) is 22.1. The molecule has 0 heterocycles. The zero-order valence-electron chi connectivity index (χ0n) is 20.5. The standard InChI is InChI=1S/C25H42N2O3S2/c1-7-30-24(29)14-16-26-25(31)27-23(22(6)28)18-32-17-15-21(5)13-9-12-20(4)11-8-10-19(2)3/h10,12,15,23,28H,6-9,11,13-14,16-18H2,1-5H3,(H2,26,27,31)/b20-12+,21-15+. The second-order valence-corrected chi connectivity index (χ2v) is 9.48. The highest BCUT2D eigenvalue weighted by Gasteiger charge is 2.13. The fourth-order valence-electron chi connectivity index (χ4n) is 2.67. The lowest BCUT2D eigenvalue weighted by molar-refractivity contribution is -0.142. The number of allylic oxidation sites excluding steroid dienone is 5. The second kappa shape index (κ2) is 18.8. The third-order valence-corrected chi connectivity index (χ3v) is 5.82. The summed E-state index contributed by atoms with van der Waals surface area (Å²) < 4.78 is 4.88. The molecule has 3 N–H and O–H groups in total. The Morgan fingerprint density at radius 2 is 1.72 bits per heavy atom. The number of aliphatic hydroxyl groups is 1. The molecule has 0 aromatic rings. The first-order valence-corrected chi connectivity index (χ1v) is 12.8. The molecule has 0 rings (SSSR count). The Labute approximate surface area is 204 Å². The van der Waals surface area contributed by atoms with Crippen molar-refractivity contribution in [3.8, 4) is 0 Å². The average Bonchev–Trinajstić information content (AvgIpc) is 2.70. The number of hydrogen-bond acceptors (Lipinski definition) is 5. The van der Waals surface area contributed by atoms with Crippen LogP contribution in [-0.4, -0.2) is 46.9 Å². The summed E-state index contributed by atoms with van der Waals surface area (Å²) >= 11 is 6.94. The molecule has 7 heteroatoms. The van der Waals surface area contributed by atoms with Gasteiger partial charge in [0.15, 0.2) is 5.11 Å². The van der Waals surface area contributed by atoms with Gasteiger partial charge < -0.3 is 20.5 Å². The highest BCUT2D eigenvalue weighted by atomic mass is 32.2. The minimum atomic E-state index is -0.345. The van der Waals surface area contributed by atoms with Gasteiger partial charge in [0.2, 0.25) is 0 Å². The van der Waals surface area contributed by atoms with Gasteiger partial charge in [-0.3, -0.25) is 4.79 Å². The van der Waals surface area contributed by atoms with Gasteiger partial charge in [-0.25, -0.2) is 0 Å². The molecule has 0 aliphatic rings. The van der Waals surface area contributed by atoms with E-state index in [1.165, 1.54) is 16.7 Å². The molecule has 0 radical (unpaired) electrons. The maximum absolute atomic E-state index is 11.4. The van der Waals surface area contributed by atoms with Gasteiger partial charge in [-0.2, -0.15) is 11.8 Å². The van der Waals surface area contributed by atoms with Gasteiger partial charge >= 0.3 is 5.97 Å². The third kappa shape index (κ3) is 17.9. The number of thioether (sulfide) groups is 1. The molecule has 32 heavy (non-hydrogen) atoms. The lowest BCUT2D eigenvalue weighted by atomic mass is 10.1. The van der Waals surface area contributed by atoms with Crippen molar-refractivity contribution in [2.24, 2.45) is 0 Å². The summed E-state index contributed by atoms with van der Waals surface area (Å²) in [5, 5.41) is 16.2. The van der Waals surface area contributed by atoms with Crippen molar-refractivity contribution in [3.05, 3.63) is 47.3 Å². The summed E-state index contributed by atoms with van der Waals surface area (Å²) in [5.41, 5.74) is 4.20. The maximum Gasteiger partial charge on any atom is 0.307 e. The van der Waals surface area contributed by atoms with Crippen molar-refractivity contribution in [2.75, 3.05) is 24.7 Å². The second-order valence-electron chi connectivity index (χ2n) is 8.00. The lowest BCUT2D eigenvalue weighted by Crippen LogP contribution is -2.44. The van der Waals surface area contributed by atoms with Crippen LogP contribution in [0.3, 0.4) is 0 Å². The molecule has 0 amide bonds. The smallest absolute Gasteiger partial charge is 0.307 e. The number of nitrogens with one attached hydrogen (secondary N) is 2. The first kappa shape index (κ1) is 30.3. The Balaban J connectivity index is 4.20. The average molecular weight is 483 g/mol. The van der Waals surface area contributed by atoms with E-state index in [9.17, 15) is 9.90 Å². The first-order chi connectivity index (χ1) is 15.1. The molecular formula is C25H42N2O3S2. The van der Waals surface area contributed by atoms with Gasteiger partial charge in [0.1, 0.15) is 5.76 Å². The Morgan fingerprint density at radius 1 is 1.09 bits per heavy atom. The monoisotopic (exact) mass is 482 g/mol. The Kier molecular flexibility index (Phi) is 17.8. The Morgan fingerprint density at radius 3 is 2.31 bits per heavy atom. The molecule has 0 fully saturated rings. The number of rotatable bonds is 16. The molecule has 0 aromatic heterocycles. The molecule has 0 saturated heterocycles. The normalized spacial score (nSPS) is 12.7.